The zero-order chi connectivity index (χ0) is 15.2. The van der Waals surface area contributed by atoms with Crippen molar-refractivity contribution in [1.29, 1.82) is 0 Å². The Morgan fingerprint density at radius 2 is 2.00 bits per heavy atom. The second-order valence-electron chi connectivity index (χ2n) is 5.26. The van der Waals surface area contributed by atoms with Crippen molar-refractivity contribution in [2.45, 2.75) is 38.5 Å². The number of carbonyl (C=O) groups excluding carboxylic acids is 2. The molecule has 1 aliphatic rings. The van der Waals surface area contributed by atoms with E-state index in [0.29, 0.717) is 31.4 Å². The van der Waals surface area contributed by atoms with Crippen LogP contribution in [-0.2, 0) is 11.2 Å². The van der Waals surface area contributed by atoms with Crippen LogP contribution < -0.4 is 5.32 Å². The molecule has 2 rings (SSSR count). The number of aliphatic carboxylic acids is 1. The van der Waals surface area contributed by atoms with Crippen molar-refractivity contribution in [3.8, 4) is 0 Å². The summed E-state index contributed by atoms with van der Waals surface area (Å²) in [5, 5.41) is 11.3. The number of nitrogens with one attached hydrogen (secondary N) is 1. The first kappa shape index (κ1) is 15.2. The molecule has 2 N–H and O–H groups in total. The summed E-state index contributed by atoms with van der Waals surface area (Å²) in [5.41, 5.74) is 2.24. The summed E-state index contributed by atoms with van der Waals surface area (Å²) in [6.45, 7) is 0.460. The largest absolute Gasteiger partial charge is 0.481 e. The fourth-order valence-corrected chi connectivity index (χ4v) is 2.49. The van der Waals surface area contributed by atoms with Crippen LogP contribution in [0, 0.1) is 0 Å². The highest BCUT2D eigenvalue weighted by Gasteiger charge is 2.18. The van der Waals surface area contributed by atoms with E-state index in [1.165, 1.54) is 0 Å². The Balaban J connectivity index is 1.88. The maximum atomic E-state index is 12.0. The van der Waals surface area contributed by atoms with Crippen LogP contribution >= 0.6 is 0 Å². The lowest BCUT2D eigenvalue weighted by Gasteiger charge is -2.15. The van der Waals surface area contributed by atoms with E-state index in [1.807, 2.05) is 0 Å². The van der Waals surface area contributed by atoms with Crippen molar-refractivity contribution in [3.63, 3.8) is 0 Å². The number of hydrogen-bond acceptors (Lipinski definition) is 3. The molecule has 1 aromatic rings. The van der Waals surface area contributed by atoms with Crippen LogP contribution in [0.5, 0.6) is 0 Å². The highest BCUT2D eigenvalue weighted by Crippen LogP contribution is 2.22. The lowest BCUT2D eigenvalue weighted by atomic mass is 9.89. The van der Waals surface area contributed by atoms with Crippen molar-refractivity contribution in [3.05, 3.63) is 34.9 Å². The number of ketones is 1. The van der Waals surface area contributed by atoms with Gasteiger partial charge in [0.15, 0.2) is 5.78 Å². The van der Waals surface area contributed by atoms with Gasteiger partial charge in [0.25, 0.3) is 5.91 Å². The first-order chi connectivity index (χ1) is 10.1. The van der Waals surface area contributed by atoms with Gasteiger partial charge in [-0.3, -0.25) is 14.4 Å². The van der Waals surface area contributed by atoms with Gasteiger partial charge in [0.1, 0.15) is 0 Å². The Morgan fingerprint density at radius 1 is 1.19 bits per heavy atom. The zero-order valence-corrected chi connectivity index (χ0v) is 11.9. The lowest BCUT2D eigenvalue weighted by Crippen LogP contribution is -2.25. The van der Waals surface area contributed by atoms with Crippen LogP contribution in [0.15, 0.2) is 18.2 Å². The van der Waals surface area contributed by atoms with Crippen molar-refractivity contribution >= 4 is 17.7 Å². The summed E-state index contributed by atoms with van der Waals surface area (Å²) in [5.74, 6) is -0.844. The van der Waals surface area contributed by atoms with Gasteiger partial charge in [-0.1, -0.05) is 6.07 Å². The second kappa shape index (κ2) is 7.02. The second-order valence-corrected chi connectivity index (χ2v) is 5.26. The number of unbranched alkanes of at least 4 members (excludes halogenated alkanes) is 1. The maximum Gasteiger partial charge on any atom is 0.303 e. The van der Waals surface area contributed by atoms with Gasteiger partial charge in [0.05, 0.1) is 0 Å². The minimum absolute atomic E-state index is 0.122. The SMILES string of the molecule is O=C(O)CCCCNC(=O)c1ccc2c(c1)CCCC2=O. The smallest absolute Gasteiger partial charge is 0.303 e. The molecule has 112 valence electrons. The van der Waals surface area contributed by atoms with E-state index < -0.39 is 5.97 Å². The highest BCUT2D eigenvalue weighted by atomic mass is 16.4. The van der Waals surface area contributed by atoms with E-state index in [1.54, 1.807) is 18.2 Å². The Kier molecular flexibility index (Phi) is 5.09. The van der Waals surface area contributed by atoms with Crippen LogP contribution in [-0.4, -0.2) is 29.3 Å². The van der Waals surface area contributed by atoms with E-state index in [0.717, 1.165) is 24.0 Å². The molecule has 0 unspecified atom stereocenters. The molecule has 5 heteroatoms. The first-order valence-electron chi connectivity index (χ1n) is 7.24. The van der Waals surface area contributed by atoms with E-state index >= 15 is 0 Å². The molecule has 0 bridgehead atoms. The Hall–Kier alpha value is -2.17. The van der Waals surface area contributed by atoms with Gasteiger partial charge < -0.3 is 10.4 Å². The molecule has 21 heavy (non-hydrogen) atoms. The molecule has 1 aliphatic carbocycles. The van der Waals surface area contributed by atoms with Gasteiger partial charge in [-0.15, -0.1) is 0 Å². The molecule has 5 nitrogen and oxygen atoms in total. The predicted octanol–water partition coefficient (Wildman–Crippen LogP) is 2.19. The van der Waals surface area contributed by atoms with Gasteiger partial charge >= 0.3 is 5.97 Å². The number of carboxylic acid groups (broad SMARTS) is 1. The van der Waals surface area contributed by atoms with Crippen LogP contribution in [0.2, 0.25) is 0 Å². The van der Waals surface area contributed by atoms with Crippen molar-refractivity contribution in [2.24, 2.45) is 0 Å². The third kappa shape index (κ3) is 4.15. The molecule has 0 aromatic heterocycles. The van der Waals surface area contributed by atoms with Gasteiger partial charge in [-0.05, 0) is 43.4 Å². The number of rotatable bonds is 6. The third-order valence-electron chi connectivity index (χ3n) is 3.62. The summed E-state index contributed by atoms with van der Waals surface area (Å²) in [6, 6.07) is 5.20. The number of carboxylic acids is 1. The van der Waals surface area contributed by atoms with Crippen LogP contribution in [0.3, 0.4) is 0 Å². The number of fused-ring (bicyclic) bond motifs is 1. The first-order valence-corrected chi connectivity index (χ1v) is 7.24. The fraction of sp³-hybridized carbons (Fsp3) is 0.438. The summed E-state index contributed by atoms with van der Waals surface area (Å²) in [4.78, 5) is 34.1. The van der Waals surface area contributed by atoms with E-state index in [4.69, 9.17) is 5.11 Å². The number of hydrogen-bond donors (Lipinski definition) is 2. The third-order valence-corrected chi connectivity index (χ3v) is 3.62. The minimum Gasteiger partial charge on any atom is -0.481 e. The molecule has 0 fully saturated rings. The molecular weight excluding hydrogens is 270 g/mol. The molecule has 0 aliphatic heterocycles. The monoisotopic (exact) mass is 289 g/mol. The summed E-state index contributed by atoms with van der Waals surface area (Å²) in [7, 11) is 0. The Bertz CT molecular complexity index is 565. The number of benzene rings is 1. The standard InChI is InChI=1S/C16H19NO4/c18-14-5-3-4-11-10-12(7-8-13(11)14)16(21)17-9-2-1-6-15(19)20/h7-8,10H,1-6,9H2,(H,17,21)(H,19,20). The molecular formula is C16H19NO4. The normalized spacial score (nSPS) is 13.6. The number of carbonyl (C=O) groups is 3. The van der Waals surface area contributed by atoms with Crippen LogP contribution in [0.1, 0.15) is 58.4 Å². The van der Waals surface area contributed by atoms with Crippen LogP contribution in [0.25, 0.3) is 0 Å². The topological polar surface area (TPSA) is 83.5 Å². The van der Waals surface area contributed by atoms with Gasteiger partial charge in [-0.2, -0.15) is 0 Å². The maximum absolute atomic E-state index is 12.0. The van der Waals surface area contributed by atoms with E-state index in [9.17, 15) is 14.4 Å². The molecule has 0 heterocycles. The van der Waals surface area contributed by atoms with Gasteiger partial charge in [-0.25, -0.2) is 0 Å². The highest BCUT2D eigenvalue weighted by molar-refractivity contribution is 6.00. The lowest BCUT2D eigenvalue weighted by molar-refractivity contribution is -0.137. The van der Waals surface area contributed by atoms with E-state index in [2.05, 4.69) is 5.32 Å². The molecule has 0 spiro atoms. The predicted molar refractivity (Wildman–Crippen MR) is 77.5 cm³/mol. The average molecular weight is 289 g/mol. The molecule has 0 saturated heterocycles. The zero-order valence-electron chi connectivity index (χ0n) is 11.9. The average Bonchev–Trinajstić information content (AvgIpc) is 2.46. The Morgan fingerprint density at radius 3 is 2.76 bits per heavy atom. The fourth-order valence-electron chi connectivity index (χ4n) is 2.49. The molecule has 0 saturated carbocycles. The van der Waals surface area contributed by atoms with Crippen molar-refractivity contribution in [2.75, 3.05) is 6.54 Å². The Labute approximate surface area is 123 Å². The quantitative estimate of drug-likeness (QED) is 0.786. The molecule has 1 amide bonds. The summed E-state index contributed by atoms with van der Waals surface area (Å²) in [6.07, 6.45) is 3.57. The van der Waals surface area contributed by atoms with Gasteiger partial charge in [0, 0.05) is 30.5 Å². The molecule has 0 atom stereocenters. The number of amides is 1. The van der Waals surface area contributed by atoms with Crippen molar-refractivity contribution in [1.82, 2.24) is 5.32 Å². The van der Waals surface area contributed by atoms with Crippen molar-refractivity contribution < 1.29 is 19.5 Å². The number of Topliss-reactive ketones (excluding diaryl/α,β-unsaturated/α-hetero) is 1. The summed E-state index contributed by atoms with van der Waals surface area (Å²) >= 11 is 0. The molecule has 1 aromatic carbocycles. The van der Waals surface area contributed by atoms with Gasteiger partial charge in [0.2, 0.25) is 0 Å². The number of aryl methyl sites for hydroxylation is 1. The van der Waals surface area contributed by atoms with E-state index in [-0.39, 0.29) is 18.1 Å². The minimum atomic E-state index is -0.819. The molecule has 0 radical (unpaired) electrons. The van der Waals surface area contributed by atoms with Crippen LogP contribution in [0.4, 0.5) is 0 Å². The summed E-state index contributed by atoms with van der Waals surface area (Å²) < 4.78 is 0.